The Bertz CT molecular complexity index is 763. The molecule has 2 heterocycles. The number of carboxylic acids is 1. The number of esters is 1. The first-order chi connectivity index (χ1) is 10.3. The van der Waals surface area contributed by atoms with Crippen LogP contribution >= 0.6 is 0 Å². The van der Waals surface area contributed by atoms with Crippen molar-refractivity contribution in [2.75, 3.05) is 0 Å². The van der Waals surface area contributed by atoms with E-state index in [2.05, 4.69) is 5.10 Å². The fourth-order valence-corrected chi connectivity index (χ4v) is 2.23. The molecule has 22 heavy (non-hydrogen) atoms. The minimum absolute atomic E-state index is 0.124. The third-order valence-electron chi connectivity index (χ3n) is 3.18. The van der Waals surface area contributed by atoms with Crippen molar-refractivity contribution in [2.45, 2.75) is 26.2 Å². The molecule has 114 valence electrons. The number of aromatic carboxylic acids is 1. The van der Waals surface area contributed by atoms with Crippen molar-refractivity contribution in [3.8, 4) is 5.75 Å². The number of fused-ring (bicyclic) bond motifs is 1. The second-order valence-electron chi connectivity index (χ2n) is 5.45. The molecule has 1 aromatic heterocycles. The zero-order valence-corrected chi connectivity index (χ0v) is 12.1. The average Bonchev–Trinajstić information content (AvgIpc) is 2.85. The molecule has 7 heteroatoms. The van der Waals surface area contributed by atoms with Crippen molar-refractivity contribution in [3.05, 3.63) is 47.3 Å². The number of aromatic nitrogens is 2. The minimum Gasteiger partial charge on any atom is -0.478 e. The third-order valence-corrected chi connectivity index (χ3v) is 3.18. The van der Waals surface area contributed by atoms with Gasteiger partial charge in [0.1, 0.15) is 11.3 Å². The van der Waals surface area contributed by atoms with Crippen LogP contribution in [-0.4, -0.2) is 32.6 Å². The molecule has 7 nitrogen and oxygen atoms in total. The zero-order chi connectivity index (χ0) is 15.9. The molecule has 0 saturated heterocycles. The Morgan fingerprint density at radius 3 is 2.82 bits per heavy atom. The summed E-state index contributed by atoms with van der Waals surface area (Å²) in [5.74, 6) is -2.01. The Kier molecular flexibility index (Phi) is 3.13. The van der Waals surface area contributed by atoms with E-state index in [9.17, 15) is 9.59 Å². The van der Waals surface area contributed by atoms with Gasteiger partial charge in [0.25, 0.3) is 0 Å². The molecule has 0 spiro atoms. The van der Waals surface area contributed by atoms with Crippen molar-refractivity contribution >= 4 is 11.9 Å². The Balaban J connectivity index is 1.87. The van der Waals surface area contributed by atoms with Gasteiger partial charge in [-0.05, 0) is 17.7 Å². The third kappa shape index (κ3) is 2.65. The highest BCUT2D eigenvalue weighted by Gasteiger charge is 2.33. The first kappa shape index (κ1) is 14.1. The molecule has 2 aromatic rings. The van der Waals surface area contributed by atoms with E-state index < -0.39 is 17.7 Å². The lowest BCUT2D eigenvalue weighted by Gasteiger charge is -2.31. The van der Waals surface area contributed by atoms with Gasteiger partial charge in [-0.25, -0.2) is 9.59 Å². The second-order valence-corrected chi connectivity index (χ2v) is 5.45. The van der Waals surface area contributed by atoms with Gasteiger partial charge in [-0.3, -0.25) is 4.68 Å². The van der Waals surface area contributed by atoms with Crippen LogP contribution < -0.4 is 4.74 Å². The topological polar surface area (TPSA) is 90.7 Å². The van der Waals surface area contributed by atoms with Crippen molar-refractivity contribution in [1.29, 1.82) is 0 Å². The van der Waals surface area contributed by atoms with Crippen LogP contribution in [0, 0.1) is 0 Å². The summed E-state index contributed by atoms with van der Waals surface area (Å²) in [6.45, 7) is 3.69. The first-order valence-electron chi connectivity index (χ1n) is 6.65. The smallest absolute Gasteiger partial charge is 0.345 e. The largest absolute Gasteiger partial charge is 0.478 e. The summed E-state index contributed by atoms with van der Waals surface area (Å²) in [4.78, 5) is 22.7. The van der Waals surface area contributed by atoms with Gasteiger partial charge >= 0.3 is 11.9 Å². The maximum Gasteiger partial charge on any atom is 0.345 e. The van der Waals surface area contributed by atoms with Crippen LogP contribution in [0.4, 0.5) is 0 Å². The minimum atomic E-state index is -1.02. The van der Waals surface area contributed by atoms with E-state index in [4.69, 9.17) is 14.6 Å². The number of nitrogens with zero attached hydrogens (tertiary/aromatic N) is 2. The molecule has 0 bridgehead atoms. The highest BCUT2D eigenvalue weighted by molar-refractivity contribution is 5.93. The zero-order valence-electron chi connectivity index (χ0n) is 12.1. The summed E-state index contributed by atoms with van der Waals surface area (Å²) in [7, 11) is 0. The van der Waals surface area contributed by atoms with Crippen LogP contribution in [0.5, 0.6) is 5.75 Å². The van der Waals surface area contributed by atoms with Gasteiger partial charge in [0, 0.05) is 20.0 Å². The van der Waals surface area contributed by atoms with Gasteiger partial charge in [-0.2, -0.15) is 5.10 Å². The number of benzene rings is 1. The lowest BCUT2D eigenvalue weighted by atomic mass is 10.1. The number of ether oxygens (including phenoxy) is 2. The molecule has 0 amide bonds. The first-order valence-corrected chi connectivity index (χ1v) is 6.65. The number of carbonyl (C=O) groups excluding carboxylic acids is 1. The van der Waals surface area contributed by atoms with Gasteiger partial charge < -0.3 is 14.6 Å². The van der Waals surface area contributed by atoms with Crippen LogP contribution in [0.3, 0.4) is 0 Å². The van der Waals surface area contributed by atoms with Gasteiger partial charge in [0.15, 0.2) is 0 Å². The summed E-state index contributed by atoms with van der Waals surface area (Å²) in [5.41, 5.74) is 1.33. The lowest BCUT2D eigenvalue weighted by molar-refractivity contribution is -0.127. The summed E-state index contributed by atoms with van der Waals surface area (Å²) in [6.07, 6.45) is 2.73. The molecule has 0 fully saturated rings. The van der Waals surface area contributed by atoms with Crippen LogP contribution in [0.15, 0.2) is 30.6 Å². The normalized spacial score (nSPS) is 15.6. The monoisotopic (exact) mass is 302 g/mol. The second kappa shape index (κ2) is 4.87. The molecule has 1 N–H and O–H groups in total. The standard InChI is InChI=1S/C15H14N2O5/c1-15(2)21-12-5-9(3-4-11(12)14(20)22-15)7-17-8-10(6-16-17)13(18)19/h3-6,8H,7H2,1-2H3,(H,18,19). The number of cyclic esters (lactones) is 1. The molecule has 0 aliphatic carbocycles. The van der Waals surface area contributed by atoms with Crippen LogP contribution in [0.1, 0.15) is 40.1 Å². The Morgan fingerprint density at radius 2 is 2.14 bits per heavy atom. The SMILES string of the molecule is CC1(C)OC(=O)c2ccc(Cn3cc(C(=O)O)cn3)cc2O1. The van der Waals surface area contributed by atoms with Gasteiger partial charge in [-0.15, -0.1) is 0 Å². The van der Waals surface area contributed by atoms with Crippen LogP contribution in [0.25, 0.3) is 0 Å². The van der Waals surface area contributed by atoms with Crippen molar-refractivity contribution in [1.82, 2.24) is 9.78 Å². The quantitative estimate of drug-likeness (QED) is 0.871. The number of hydrogen-bond donors (Lipinski definition) is 1. The number of rotatable bonds is 3. The summed E-state index contributed by atoms with van der Waals surface area (Å²) < 4.78 is 12.3. The molecule has 0 unspecified atom stereocenters. The molecule has 1 aromatic carbocycles. The molecule has 0 saturated carbocycles. The molecular formula is C15H14N2O5. The Morgan fingerprint density at radius 1 is 1.36 bits per heavy atom. The number of carbonyl (C=O) groups is 2. The van der Waals surface area contributed by atoms with Crippen LogP contribution in [-0.2, 0) is 11.3 Å². The Labute approximate surface area is 126 Å². The van der Waals surface area contributed by atoms with Crippen molar-refractivity contribution in [2.24, 2.45) is 0 Å². The van der Waals surface area contributed by atoms with E-state index in [1.807, 2.05) is 0 Å². The highest BCUT2D eigenvalue weighted by Crippen LogP contribution is 2.32. The summed E-state index contributed by atoms with van der Waals surface area (Å²) >= 11 is 0. The maximum atomic E-state index is 11.9. The van der Waals surface area contributed by atoms with E-state index in [-0.39, 0.29) is 5.56 Å². The van der Waals surface area contributed by atoms with E-state index in [0.29, 0.717) is 17.9 Å². The number of carboxylic acid groups (broad SMARTS) is 1. The predicted molar refractivity (Wildman–Crippen MR) is 74.9 cm³/mol. The highest BCUT2D eigenvalue weighted by atomic mass is 16.7. The predicted octanol–water partition coefficient (Wildman–Crippen LogP) is 1.91. The summed E-state index contributed by atoms with van der Waals surface area (Å²) in [6, 6.07) is 5.12. The van der Waals surface area contributed by atoms with Gasteiger partial charge in [0.05, 0.1) is 18.3 Å². The van der Waals surface area contributed by atoms with Gasteiger partial charge in [-0.1, -0.05) is 6.07 Å². The fourth-order valence-electron chi connectivity index (χ4n) is 2.23. The molecule has 0 atom stereocenters. The van der Waals surface area contributed by atoms with Crippen LogP contribution in [0.2, 0.25) is 0 Å². The lowest BCUT2D eigenvalue weighted by Crippen LogP contribution is -2.38. The van der Waals surface area contributed by atoms with E-state index in [1.54, 1.807) is 32.0 Å². The molecule has 0 radical (unpaired) electrons. The van der Waals surface area contributed by atoms with Crippen molar-refractivity contribution < 1.29 is 24.2 Å². The maximum absolute atomic E-state index is 11.9. The molecule has 1 aliphatic heterocycles. The Hall–Kier alpha value is -2.83. The number of hydrogen-bond acceptors (Lipinski definition) is 5. The van der Waals surface area contributed by atoms with E-state index in [0.717, 1.165) is 5.56 Å². The summed E-state index contributed by atoms with van der Waals surface area (Å²) in [5, 5.41) is 12.9. The van der Waals surface area contributed by atoms with E-state index in [1.165, 1.54) is 17.1 Å². The molecule has 1 aliphatic rings. The molecular weight excluding hydrogens is 288 g/mol. The molecule has 3 rings (SSSR count). The fraction of sp³-hybridized carbons (Fsp3) is 0.267. The average molecular weight is 302 g/mol. The van der Waals surface area contributed by atoms with E-state index >= 15 is 0 Å². The van der Waals surface area contributed by atoms with Crippen molar-refractivity contribution in [3.63, 3.8) is 0 Å². The van der Waals surface area contributed by atoms with Gasteiger partial charge in [0.2, 0.25) is 5.79 Å².